The van der Waals surface area contributed by atoms with Crippen molar-refractivity contribution < 1.29 is 14.3 Å². The Balaban J connectivity index is 1.32. The number of benzene rings is 2. The second-order valence-corrected chi connectivity index (χ2v) is 9.45. The average molecular weight is 493 g/mol. The van der Waals surface area contributed by atoms with Crippen LogP contribution in [-0.4, -0.2) is 54.6 Å². The van der Waals surface area contributed by atoms with Crippen molar-refractivity contribution in [2.45, 2.75) is 31.2 Å². The molecule has 5 rings (SSSR count). The standard InChI is InChI=1S/C27H29ClN4O3/c1-34-24-4-3-5-25(35-2)26(24)18-8-12-31(13-9-18)27(33)22-17-32(16-20-15-29-10-11-30-20)23-14-19(28)6-7-21(22)23/h3-7,10-11,14-15,18,22H,8-9,12-13,16-17H2,1-2H3. The van der Waals surface area contributed by atoms with Crippen LogP contribution in [0.3, 0.4) is 0 Å². The van der Waals surface area contributed by atoms with Gasteiger partial charge in [0.1, 0.15) is 11.5 Å². The first-order chi connectivity index (χ1) is 17.1. The Labute approximate surface area is 210 Å². The highest BCUT2D eigenvalue weighted by Gasteiger charge is 2.38. The molecule has 1 fully saturated rings. The van der Waals surface area contributed by atoms with Gasteiger partial charge in [0.15, 0.2) is 0 Å². The quantitative estimate of drug-likeness (QED) is 0.498. The van der Waals surface area contributed by atoms with Gasteiger partial charge in [-0.05, 0) is 48.6 Å². The maximum Gasteiger partial charge on any atom is 0.231 e. The number of aromatic nitrogens is 2. The van der Waals surface area contributed by atoms with E-state index >= 15 is 0 Å². The van der Waals surface area contributed by atoms with Crippen LogP contribution >= 0.6 is 11.6 Å². The highest BCUT2D eigenvalue weighted by atomic mass is 35.5. The Morgan fingerprint density at radius 1 is 1.09 bits per heavy atom. The lowest BCUT2D eigenvalue weighted by Crippen LogP contribution is -2.41. The molecule has 3 aromatic rings. The molecule has 0 aliphatic carbocycles. The van der Waals surface area contributed by atoms with Gasteiger partial charge < -0.3 is 19.3 Å². The number of piperidine rings is 1. The molecular formula is C27H29ClN4O3. The van der Waals surface area contributed by atoms with Crippen LogP contribution in [0.15, 0.2) is 55.0 Å². The second kappa shape index (κ2) is 10.1. The van der Waals surface area contributed by atoms with Crippen LogP contribution in [0.2, 0.25) is 5.02 Å². The van der Waals surface area contributed by atoms with E-state index in [0.29, 0.717) is 31.2 Å². The summed E-state index contributed by atoms with van der Waals surface area (Å²) >= 11 is 6.32. The molecule has 0 radical (unpaired) electrons. The summed E-state index contributed by atoms with van der Waals surface area (Å²) < 4.78 is 11.2. The molecule has 3 heterocycles. The molecule has 35 heavy (non-hydrogen) atoms. The summed E-state index contributed by atoms with van der Waals surface area (Å²) in [4.78, 5) is 26.5. The van der Waals surface area contributed by atoms with Crippen LogP contribution in [0, 0.1) is 0 Å². The molecule has 2 aliphatic heterocycles. The van der Waals surface area contributed by atoms with Gasteiger partial charge in [0, 0.05) is 48.3 Å². The lowest BCUT2D eigenvalue weighted by atomic mass is 9.87. The van der Waals surface area contributed by atoms with Gasteiger partial charge >= 0.3 is 0 Å². The van der Waals surface area contributed by atoms with Crippen LogP contribution < -0.4 is 14.4 Å². The van der Waals surface area contributed by atoms with Crippen LogP contribution in [-0.2, 0) is 11.3 Å². The van der Waals surface area contributed by atoms with Crippen molar-refractivity contribution in [3.05, 3.63) is 76.8 Å². The normalized spacial score (nSPS) is 17.9. The zero-order valence-electron chi connectivity index (χ0n) is 20.0. The smallest absolute Gasteiger partial charge is 0.231 e. The lowest BCUT2D eigenvalue weighted by Gasteiger charge is -2.34. The third kappa shape index (κ3) is 4.65. The summed E-state index contributed by atoms with van der Waals surface area (Å²) in [5, 5.41) is 0.660. The topological polar surface area (TPSA) is 67.8 Å². The average Bonchev–Trinajstić information content (AvgIpc) is 3.25. The number of rotatable bonds is 6. The van der Waals surface area contributed by atoms with Crippen LogP contribution in [0.4, 0.5) is 5.69 Å². The van der Waals surface area contributed by atoms with Gasteiger partial charge in [-0.1, -0.05) is 23.7 Å². The summed E-state index contributed by atoms with van der Waals surface area (Å²) in [7, 11) is 3.38. The number of hydrogen-bond acceptors (Lipinski definition) is 6. The minimum atomic E-state index is -0.226. The summed E-state index contributed by atoms with van der Waals surface area (Å²) in [6.07, 6.45) is 6.84. The Bertz CT molecular complexity index is 1180. The van der Waals surface area contributed by atoms with Crippen molar-refractivity contribution in [2.75, 3.05) is 38.8 Å². The zero-order chi connectivity index (χ0) is 24.4. The van der Waals surface area contributed by atoms with Gasteiger partial charge in [-0.15, -0.1) is 0 Å². The first-order valence-electron chi connectivity index (χ1n) is 11.9. The van der Waals surface area contributed by atoms with Gasteiger partial charge in [0.2, 0.25) is 5.91 Å². The number of carbonyl (C=O) groups excluding carboxylic acids is 1. The second-order valence-electron chi connectivity index (χ2n) is 9.01. The first kappa shape index (κ1) is 23.4. The van der Waals surface area contributed by atoms with Crippen LogP contribution in [0.1, 0.15) is 41.5 Å². The van der Waals surface area contributed by atoms with Crippen molar-refractivity contribution in [1.29, 1.82) is 0 Å². The predicted molar refractivity (Wildman–Crippen MR) is 135 cm³/mol. The van der Waals surface area contributed by atoms with E-state index in [1.54, 1.807) is 32.8 Å². The van der Waals surface area contributed by atoms with Crippen molar-refractivity contribution in [3.63, 3.8) is 0 Å². The van der Waals surface area contributed by atoms with E-state index in [9.17, 15) is 4.79 Å². The fourth-order valence-corrected chi connectivity index (χ4v) is 5.53. The van der Waals surface area contributed by atoms with E-state index in [2.05, 4.69) is 14.9 Å². The third-order valence-electron chi connectivity index (χ3n) is 7.06. The number of halogens is 1. The maximum atomic E-state index is 13.7. The number of carbonyl (C=O) groups is 1. The van der Waals surface area contributed by atoms with Crippen molar-refractivity contribution >= 4 is 23.2 Å². The molecule has 0 spiro atoms. The molecule has 0 bridgehead atoms. The molecule has 1 aromatic heterocycles. The molecule has 2 aromatic carbocycles. The summed E-state index contributed by atoms with van der Waals surface area (Å²) in [5.74, 6) is 1.91. The van der Waals surface area contributed by atoms with Crippen molar-refractivity contribution in [2.24, 2.45) is 0 Å². The van der Waals surface area contributed by atoms with E-state index in [4.69, 9.17) is 21.1 Å². The molecule has 0 saturated carbocycles. The van der Waals surface area contributed by atoms with Gasteiger partial charge in [0.25, 0.3) is 0 Å². The van der Waals surface area contributed by atoms with Gasteiger partial charge in [-0.3, -0.25) is 14.8 Å². The maximum absolute atomic E-state index is 13.7. The van der Waals surface area contributed by atoms with E-state index in [1.165, 1.54) is 0 Å². The van der Waals surface area contributed by atoms with E-state index in [-0.39, 0.29) is 17.7 Å². The van der Waals surface area contributed by atoms with Gasteiger partial charge in [0.05, 0.1) is 38.6 Å². The Morgan fingerprint density at radius 3 is 2.49 bits per heavy atom. The molecule has 0 N–H and O–H groups in total. The van der Waals surface area contributed by atoms with Crippen molar-refractivity contribution in [1.82, 2.24) is 14.9 Å². The number of likely N-dealkylation sites (tertiary alicyclic amines) is 1. The highest BCUT2D eigenvalue weighted by molar-refractivity contribution is 6.31. The number of hydrogen-bond donors (Lipinski definition) is 0. The predicted octanol–water partition coefficient (Wildman–Crippen LogP) is 4.66. The number of amides is 1. The summed E-state index contributed by atoms with van der Waals surface area (Å²) in [5.41, 5.74) is 3.98. The summed E-state index contributed by atoms with van der Waals surface area (Å²) in [6, 6.07) is 11.7. The minimum absolute atomic E-state index is 0.167. The summed E-state index contributed by atoms with van der Waals surface area (Å²) in [6.45, 7) is 2.59. The van der Waals surface area contributed by atoms with Crippen LogP contribution in [0.25, 0.3) is 0 Å². The molecule has 182 valence electrons. The molecule has 1 atom stereocenters. The SMILES string of the molecule is COc1cccc(OC)c1C1CCN(C(=O)C2CN(Cc3cnccn3)c3cc(Cl)ccc32)CC1. The highest BCUT2D eigenvalue weighted by Crippen LogP contribution is 2.43. The zero-order valence-corrected chi connectivity index (χ0v) is 20.7. The van der Waals surface area contributed by atoms with Gasteiger partial charge in [-0.25, -0.2) is 0 Å². The molecule has 1 amide bonds. The molecule has 1 saturated heterocycles. The molecule has 1 unspecified atom stereocenters. The van der Waals surface area contributed by atoms with E-state index < -0.39 is 0 Å². The van der Waals surface area contributed by atoms with Gasteiger partial charge in [-0.2, -0.15) is 0 Å². The number of anilines is 1. The minimum Gasteiger partial charge on any atom is -0.496 e. The largest absolute Gasteiger partial charge is 0.496 e. The fourth-order valence-electron chi connectivity index (χ4n) is 5.36. The fraction of sp³-hybridized carbons (Fsp3) is 0.370. The number of nitrogens with zero attached hydrogens (tertiary/aromatic N) is 4. The number of ether oxygens (including phenoxy) is 2. The van der Waals surface area contributed by atoms with E-state index in [1.807, 2.05) is 41.3 Å². The Kier molecular flexibility index (Phi) is 6.77. The monoisotopic (exact) mass is 492 g/mol. The third-order valence-corrected chi connectivity index (χ3v) is 7.30. The Hall–Kier alpha value is -3.32. The number of fused-ring (bicyclic) bond motifs is 1. The molecule has 2 aliphatic rings. The van der Waals surface area contributed by atoms with E-state index in [0.717, 1.165) is 46.8 Å². The molecule has 8 heteroatoms. The lowest BCUT2D eigenvalue weighted by molar-refractivity contribution is -0.133. The molecule has 7 nitrogen and oxygen atoms in total. The molecular weight excluding hydrogens is 464 g/mol. The Morgan fingerprint density at radius 2 is 1.83 bits per heavy atom. The number of methoxy groups -OCH3 is 2. The van der Waals surface area contributed by atoms with Crippen molar-refractivity contribution in [3.8, 4) is 11.5 Å². The first-order valence-corrected chi connectivity index (χ1v) is 12.3. The van der Waals surface area contributed by atoms with Crippen LogP contribution in [0.5, 0.6) is 11.5 Å².